The number of nitrogens with zero attached hydrogens (tertiary/aromatic N) is 3. The molecule has 0 aliphatic rings. The van der Waals surface area contributed by atoms with Crippen LogP contribution in [0.5, 0.6) is 0 Å². The molecule has 0 saturated heterocycles. The van der Waals surface area contributed by atoms with E-state index in [1.165, 1.54) is 16.9 Å². The molecule has 21 heavy (non-hydrogen) atoms. The van der Waals surface area contributed by atoms with E-state index < -0.39 is 16.9 Å². The predicted molar refractivity (Wildman–Crippen MR) is 73.3 cm³/mol. The van der Waals surface area contributed by atoms with Crippen molar-refractivity contribution in [3.8, 4) is 0 Å². The number of aliphatic hydroxyl groups is 1. The van der Waals surface area contributed by atoms with Crippen LogP contribution in [-0.2, 0) is 11.3 Å². The van der Waals surface area contributed by atoms with E-state index in [9.17, 15) is 20.0 Å². The van der Waals surface area contributed by atoms with Crippen LogP contribution in [0.15, 0.2) is 42.6 Å². The zero-order valence-electron chi connectivity index (χ0n) is 11.0. The Morgan fingerprint density at radius 3 is 2.67 bits per heavy atom. The van der Waals surface area contributed by atoms with Gasteiger partial charge in [-0.25, -0.2) is 0 Å². The molecular weight excluding hydrogens is 276 g/mol. The number of hydrogen-bond acceptors (Lipinski definition) is 5. The molecule has 2 N–H and O–H groups in total. The van der Waals surface area contributed by atoms with Gasteiger partial charge in [0, 0.05) is 0 Å². The largest absolute Gasteiger partial charge is 0.394 e. The van der Waals surface area contributed by atoms with Crippen molar-refractivity contribution in [2.24, 2.45) is 0 Å². The summed E-state index contributed by atoms with van der Waals surface area (Å²) < 4.78 is 1.17. The molecule has 0 aliphatic heterocycles. The van der Waals surface area contributed by atoms with Crippen molar-refractivity contribution in [3.05, 3.63) is 58.3 Å². The maximum absolute atomic E-state index is 11.9. The second kappa shape index (κ2) is 6.62. The maximum atomic E-state index is 11.9. The fourth-order valence-corrected chi connectivity index (χ4v) is 1.84. The molecule has 1 heterocycles. The fourth-order valence-electron chi connectivity index (χ4n) is 1.84. The van der Waals surface area contributed by atoms with Crippen LogP contribution in [0, 0.1) is 10.1 Å². The molecule has 8 heteroatoms. The Morgan fingerprint density at radius 2 is 2.10 bits per heavy atom. The summed E-state index contributed by atoms with van der Waals surface area (Å²) in [5.41, 5.74) is 0.778. The molecule has 0 radical (unpaired) electrons. The number of hydrogen-bond donors (Lipinski definition) is 2. The van der Waals surface area contributed by atoms with E-state index in [0.717, 1.165) is 5.56 Å². The lowest BCUT2D eigenvalue weighted by Crippen LogP contribution is -2.33. The second-order valence-corrected chi connectivity index (χ2v) is 4.34. The summed E-state index contributed by atoms with van der Waals surface area (Å²) in [6.07, 6.45) is 1.36. The van der Waals surface area contributed by atoms with Crippen molar-refractivity contribution in [2.75, 3.05) is 6.61 Å². The molecule has 2 rings (SSSR count). The zero-order valence-corrected chi connectivity index (χ0v) is 11.0. The van der Waals surface area contributed by atoms with Gasteiger partial charge in [-0.1, -0.05) is 30.3 Å². The van der Waals surface area contributed by atoms with Gasteiger partial charge in [0.15, 0.2) is 0 Å². The van der Waals surface area contributed by atoms with Crippen molar-refractivity contribution >= 4 is 11.7 Å². The number of aliphatic hydroxyl groups excluding tert-OH is 1. The van der Waals surface area contributed by atoms with Crippen LogP contribution in [0.2, 0.25) is 0 Å². The summed E-state index contributed by atoms with van der Waals surface area (Å²) in [6, 6.07) is 9.72. The summed E-state index contributed by atoms with van der Waals surface area (Å²) in [6.45, 7) is -0.397. The number of nitrogens with one attached hydrogen (secondary N) is 1. The number of amides is 1. The Labute approximate surface area is 120 Å². The van der Waals surface area contributed by atoms with Gasteiger partial charge >= 0.3 is 5.82 Å². The van der Waals surface area contributed by atoms with E-state index in [2.05, 4.69) is 10.4 Å². The van der Waals surface area contributed by atoms with Crippen LogP contribution in [0.1, 0.15) is 11.6 Å². The standard InChI is InChI=1S/C13H14N4O4/c18-9-11(10-4-2-1-3-5-10)14-13(19)8-16-7-6-12(15-16)17(20)21/h1-7,11,18H,8-9H2,(H,14,19)/t11-/m1/s1. The minimum absolute atomic E-state index is 0.156. The Kier molecular flexibility index (Phi) is 4.62. The number of carbonyl (C=O) groups excluding carboxylic acids is 1. The first kappa shape index (κ1) is 14.7. The molecular formula is C13H14N4O4. The SMILES string of the molecule is O=C(Cn1ccc([N+](=O)[O-])n1)N[C@H](CO)c1ccccc1. The molecule has 0 unspecified atom stereocenters. The van der Waals surface area contributed by atoms with E-state index in [1.807, 2.05) is 6.07 Å². The van der Waals surface area contributed by atoms with Gasteiger partial charge in [-0.15, -0.1) is 0 Å². The summed E-state index contributed by atoms with van der Waals surface area (Å²) in [4.78, 5) is 21.8. The Hall–Kier alpha value is -2.74. The third-order valence-electron chi connectivity index (χ3n) is 2.84. The van der Waals surface area contributed by atoms with Crippen LogP contribution in [-0.4, -0.2) is 32.3 Å². The van der Waals surface area contributed by atoms with Gasteiger partial charge in [-0.3, -0.25) is 4.79 Å². The van der Waals surface area contributed by atoms with Crippen molar-refractivity contribution in [3.63, 3.8) is 0 Å². The number of aromatic nitrogens is 2. The quantitative estimate of drug-likeness (QED) is 0.599. The Morgan fingerprint density at radius 1 is 1.38 bits per heavy atom. The summed E-state index contributed by atoms with van der Waals surface area (Å²) in [7, 11) is 0. The minimum atomic E-state index is -0.630. The third-order valence-corrected chi connectivity index (χ3v) is 2.84. The van der Waals surface area contributed by atoms with E-state index in [0.29, 0.717) is 0 Å². The first-order chi connectivity index (χ1) is 10.1. The molecule has 1 aromatic carbocycles. The molecule has 0 aliphatic carbocycles. The first-order valence-corrected chi connectivity index (χ1v) is 6.23. The van der Waals surface area contributed by atoms with Gasteiger partial charge in [0.1, 0.15) is 6.54 Å². The normalized spacial score (nSPS) is 11.9. The van der Waals surface area contributed by atoms with Crippen molar-refractivity contribution in [1.29, 1.82) is 0 Å². The van der Waals surface area contributed by atoms with Gasteiger partial charge in [-0.2, -0.15) is 4.68 Å². The molecule has 1 atom stereocenters. The van der Waals surface area contributed by atoms with Crippen molar-refractivity contribution < 1.29 is 14.8 Å². The summed E-state index contributed by atoms with van der Waals surface area (Å²) in [5.74, 6) is -0.708. The molecule has 0 bridgehead atoms. The molecule has 8 nitrogen and oxygen atoms in total. The molecule has 1 aromatic heterocycles. The van der Waals surface area contributed by atoms with E-state index in [-0.39, 0.29) is 19.0 Å². The van der Waals surface area contributed by atoms with Crippen LogP contribution >= 0.6 is 0 Å². The summed E-state index contributed by atoms with van der Waals surface area (Å²) >= 11 is 0. The Bertz CT molecular complexity index is 626. The van der Waals surface area contributed by atoms with Gasteiger partial charge in [0.2, 0.25) is 5.91 Å². The third kappa shape index (κ3) is 3.86. The van der Waals surface area contributed by atoms with Crippen LogP contribution in [0.3, 0.4) is 0 Å². The highest BCUT2D eigenvalue weighted by molar-refractivity contribution is 5.76. The highest BCUT2D eigenvalue weighted by atomic mass is 16.6. The van der Waals surface area contributed by atoms with Gasteiger partial charge in [0.05, 0.1) is 30.0 Å². The van der Waals surface area contributed by atoms with Gasteiger partial charge in [0.25, 0.3) is 0 Å². The highest BCUT2D eigenvalue weighted by Gasteiger charge is 2.16. The van der Waals surface area contributed by atoms with Gasteiger partial charge < -0.3 is 20.5 Å². The van der Waals surface area contributed by atoms with Crippen LogP contribution < -0.4 is 5.32 Å². The lowest BCUT2D eigenvalue weighted by atomic mass is 10.1. The maximum Gasteiger partial charge on any atom is 0.389 e. The topological polar surface area (TPSA) is 110 Å². The lowest BCUT2D eigenvalue weighted by molar-refractivity contribution is -0.389. The first-order valence-electron chi connectivity index (χ1n) is 6.23. The molecule has 2 aromatic rings. The van der Waals surface area contributed by atoms with E-state index >= 15 is 0 Å². The summed E-state index contributed by atoms with van der Waals surface area (Å²) in [5, 5.41) is 26.2. The predicted octanol–water partition coefficient (Wildman–Crippen LogP) is 0.641. The zero-order chi connectivity index (χ0) is 15.2. The van der Waals surface area contributed by atoms with Crippen molar-refractivity contribution in [1.82, 2.24) is 15.1 Å². The number of benzene rings is 1. The molecule has 110 valence electrons. The van der Waals surface area contributed by atoms with E-state index in [1.54, 1.807) is 24.3 Å². The monoisotopic (exact) mass is 290 g/mol. The average molecular weight is 290 g/mol. The molecule has 1 amide bonds. The van der Waals surface area contributed by atoms with Crippen LogP contribution in [0.25, 0.3) is 0 Å². The average Bonchev–Trinajstić information content (AvgIpc) is 2.94. The number of rotatable bonds is 6. The van der Waals surface area contributed by atoms with Crippen LogP contribution in [0.4, 0.5) is 5.82 Å². The van der Waals surface area contributed by atoms with E-state index in [4.69, 9.17) is 0 Å². The number of nitro groups is 1. The fraction of sp³-hybridized carbons (Fsp3) is 0.231. The Balaban J connectivity index is 1.98. The van der Waals surface area contributed by atoms with Gasteiger partial charge in [-0.05, 0) is 10.5 Å². The molecule has 0 saturated carbocycles. The highest BCUT2D eigenvalue weighted by Crippen LogP contribution is 2.11. The van der Waals surface area contributed by atoms with Crippen molar-refractivity contribution in [2.45, 2.75) is 12.6 Å². The second-order valence-electron chi connectivity index (χ2n) is 4.34. The molecule has 0 fully saturated rings. The number of carbonyl (C=O) groups is 1. The molecule has 0 spiro atoms. The minimum Gasteiger partial charge on any atom is -0.394 e. The smallest absolute Gasteiger partial charge is 0.389 e. The lowest BCUT2D eigenvalue weighted by Gasteiger charge is -2.16.